The highest BCUT2D eigenvalue weighted by Gasteiger charge is 2.15. The molecule has 0 spiro atoms. The van der Waals surface area contributed by atoms with E-state index in [1.165, 1.54) is 23.1 Å². The average molecular weight is 435 g/mol. The highest BCUT2D eigenvalue weighted by molar-refractivity contribution is 6.31. The molecule has 1 N–H and O–H groups in total. The van der Waals surface area contributed by atoms with Crippen LogP contribution in [-0.4, -0.2) is 39.6 Å². The van der Waals surface area contributed by atoms with E-state index in [4.69, 9.17) is 11.6 Å². The maximum Gasteiger partial charge on any atom is 0.247 e. The predicted molar refractivity (Wildman–Crippen MR) is 116 cm³/mol. The van der Waals surface area contributed by atoms with Crippen molar-refractivity contribution in [2.45, 2.75) is 40.8 Å². The molecule has 6 nitrogen and oxygen atoms in total. The summed E-state index contributed by atoms with van der Waals surface area (Å²) in [5.74, 6) is -0.516. The van der Waals surface area contributed by atoms with Crippen LogP contribution in [0.15, 0.2) is 30.3 Å². The normalized spacial score (nSPS) is 11.3. The minimum atomic E-state index is -0.329. The van der Waals surface area contributed by atoms with E-state index in [0.717, 1.165) is 11.3 Å². The molecule has 30 heavy (non-hydrogen) atoms. The number of nitrogens with one attached hydrogen (secondary N) is 1. The molecule has 0 aliphatic heterocycles. The summed E-state index contributed by atoms with van der Waals surface area (Å²) in [6.07, 6.45) is 3.05. The van der Waals surface area contributed by atoms with E-state index in [9.17, 15) is 14.0 Å². The molecule has 2 amide bonds. The fourth-order valence-corrected chi connectivity index (χ4v) is 3.17. The second kappa shape index (κ2) is 10.9. The molecule has 1 heterocycles. The van der Waals surface area contributed by atoms with Crippen molar-refractivity contribution in [3.8, 4) is 0 Å². The molecule has 0 radical (unpaired) electrons. The first-order valence-electron chi connectivity index (χ1n) is 9.92. The molecule has 0 fully saturated rings. The highest BCUT2D eigenvalue weighted by atomic mass is 35.5. The Balaban J connectivity index is 1.96. The standard InChI is InChI=1S/C22H28ClFN4O2/c1-5-27(14-20(29)25-12-17-6-8-18(24)9-7-17)21(30)11-10-19-16(4)26-28(22(19)23)13-15(2)3/h6-11,15H,5,12-14H2,1-4H3,(H,25,29)/b11-10+. The number of hydrogen-bond donors (Lipinski definition) is 1. The third-order valence-corrected chi connectivity index (χ3v) is 4.87. The van der Waals surface area contributed by atoms with Gasteiger partial charge >= 0.3 is 0 Å². The van der Waals surface area contributed by atoms with Crippen LogP contribution in [0.4, 0.5) is 4.39 Å². The molecule has 1 aromatic heterocycles. The first-order chi connectivity index (χ1) is 14.2. The van der Waals surface area contributed by atoms with Crippen LogP contribution in [0.3, 0.4) is 0 Å². The minimum Gasteiger partial charge on any atom is -0.350 e. The van der Waals surface area contributed by atoms with E-state index >= 15 is 0 Å². The van der Waals surface area contributed by atoms with E-state index in [0.29, 0.717) is 29.7 Å². The molecule has 0 aliphatic carbocycles. The Kier molecular flexibility index (Phi) is 8.59. The van der Waals surface area contributed by atoms with Gasteiger partial charge in [0, 0.05) is 31.3 Å². The summed E-state index contributed by atoms with van der Waals surface area (Å²) in [4.78, 5) is 26.2. The van der Waals surface area contributed by atoms with Gasteiger partial charge in [-0.3, -0.25) is 14.3 Å². The number of hydrogen-bond acceptors (Lipinski definition) is 3. The summed E-state index contributed by atoms with van der Waals surface area (Å²) in [5.41, 5.74) is 2.22. The van der Waals surface area contributed by atoms with Crippen molar-refractivity contribution in [1.82, 2.24) is 20.0 Å². The number of carbonyl (C=O) groups excluding carboxylic acids is 2. The minimum absolute atomic E-state index is 0.0693. The number of benzene rings is 1. The quantitative estimate of drug-likeness (QED) is 0.610. The topological polar surface area (TPSA) is 67.2 Å². The van der Waals surface area contributed by atoms with Crippen LogP contribution in [0.1, 0.15) is 37.6 Å². The summed E-state index contributed by atoms with van der Waals surface area (Å²) >= 11 is 6.40. The van der Waals surface area contributed by atoms with Gasteiger partial charge in [0.25, 0.3) is 0 Å². The van der Waals surface area contributed by atoms with Gasteiger partial charge in [0.05, 0.1) is 12.2 Å². The summed E-state index contributed by atoms with van der Waals surface area (Å²) in [6, 6.07) is 5.88. The van der Waals surface area contributed by atoms with E-state index in [1.54, 1.807) is 29.8 Å². The number of aryl methyl sites for hydroxylation is 1. The smallest absolute Gasteiger partial charge is 0.247 e. The lowest BCUT2D eigenvalue weighted by Crippen LogP contribution is -2.39. The Labute approximate surface area is 181 Å². The molecule has 2 aromatic rings. The monoisotopic (exact) mass is 434 g/mol. The maximum atomic E-state index is 12.9. The summed E-state index contributed by atoms with van der Waals surface area (Å²) in [7, 11) is 0. The molecule has 0 unspecified atom stereocenters. The third kappa shape index (κ3) is 6.69. The zero-order valence-electron chi connectivity index (χ0n) is 17.8. The van der Waals surface area contributed by atoms with Crippen LogP contribution in [0.5, 0.6) is 0 Å². The zero-order valence-corrected chi connectivity index (χ0v) is 18.5. The van der Waals surface area contributed by atoms with Crippen LogP contribution in [0, 0.1) is 18.7 Å². The number of halogens is 2. The molecule has 0 bridgehead atoms. The van der Waals surface area contributed by atoms with Crippen LogP contribution in [-0.2, 0) is 22.7 Å². The largest absolute Gasteiger partial charge is 0.350 e. The first kappa shape index (κ1) is 23.6. The number of nitrogens with zero attached hydrogens (tertiary/aromatic N) is 3. The van der Waals surface area contributed by atoms with Crippen LogP contribution in [0.25, 0.3) is 6.08 Å². The molecule has 0 saturated carbocycles. The van der Waals surface area contributed by atoms with Crippen molar-refractivity contribution in [2.75, 3.05) is 13.1 Å². The maximum absolute atomic E-state index is 12.9. The Hall–Kier alpha value is -2.67. The van der Waals surface area contributed by atoms with Gasteiger partial charge in [-0.05, 0) is 43.5 Å². The summed E-state index contributed by atoms with van der Waals surface area (Å²) < 4.78 is 14.7. The number of amides is 2. The molecule has 1 aromatic carbocycles. The average Bonchev–Trinajstić information content (AvgIpc) is 2.95. The number of aromatic nitrogens is 2. The van der Waals surface area contributed by atoms with Crippen LogP contribution >= 0.6 is 11.6 Å². The van der Waals surface area contributed by atoms with Gasteiger partial charge in [0.1, 0.15) is 11.0 Å². The Bertz CT molecular complexity index is 907. The number of likely N-dealkylation sites (N-methyl/N-ethyl adjacent to an activating group) is 1. The van der Waals surface area contributed by atoms with Crippen molar-refractivity contribution < 1.29 is 14.0 Å². The van der Waals surface area contributed by atoms with Gasteiger partial charge in [0.15, 0.2) is 0 Å². The predicted octanol–water partition coefficient (Wildman–Crippen LogP) is 3.82. The fourth-order valence-electron chi connectivity index (χ4n) is 2.86. The molecule has 0 atom stereocenters. The molecule has 162 valence electrons. The van der Waals surface area contributed by atoms with Gasteiger partial charge in [0.2, 0.25) is 11.8 Å². The van der Waals surface area contributed by atoms with E-state index in [2.05, 4.69) is 24.3 Å². The third-order valence-electron chi connectivity index (χ3n) is 4.47. The van der Waals surface area contributed by atoms with Gasteiger partial charge in [-0.15, -0.1) is 0 Å². The number of carbonyl (C=O) groups is 2. The highest BCUT2D eigenvalue weighted by Crippen LogP contribution is 2.22. The van der Waals surface area contributed by atoms with Gasteiger partial charge in [-0.1, -0.05) is 37.6 Å². The van der Waals surface area contributed by atoms with E-state index in [-0.39, 0.29) is 30.7 Å². The summed E-state index contributed by atoms with van der Waals surface area (Å²) in [6.45, 7) is 9.07. The molecule has 8 heteroatoms. The molecular weight excluding hydrogens is 407 g/mol. The lowest BCUT2D eigenvalue weighted by atomic mass is 10.2. The van der Waals surface area contributed by atoms with Gasteiger partial charge in [-0.2, -0.15) is 5.10 Å². The molecule has 0 saturated heterocycles. The summed E-state index contributed by atoms with van der Waals surface area (Å²) in [5, 5.41) is 7.65. The second-order valence-corrected chi connectivity index (χ2v) is 7.81. The molecule has 0 aliphatic rings. The first-order valence-corrected chi connectivity index (χ1v) is 10.3. The van der Waals surface area contributed by atoms with E-state index < -0.39 is 0 Å². The Morgan fingerprint density at radius 1 is 1.30 bits per heavy atom. The van der Waals surface area contributed by atoms with Gasteiger partial charge in [-0.25, -0.2) is 4.39 Å². The van der Waals surface area contributed by atoms with Crippen molar-refractivity contribution in [1.29, 1.82) is 0 Å². The van der Waals surface area contributed by atoms with Crippen molar-refractivity contribution in [2.24, 2.45) is 5.92 Å². The van der Waals surface area contributed by atoms with Crippen molar-refractivity contribution in [3.63, 3.8) is 0 Å². The van der Waals surface area contributed by atoms with Gasteiger partial charge < -0.3 is 10.2 Å². The Morgan fingerprint density at radius 2 is 1.97 bits per heavy atom. The molecular formula is C22H28ClFN4O2. The van der Waals surface area contributed by atoms with E-state index in [1.807, 2.05) is 6.92 Å². The van der Waals surface area contributed by atoms with Crippen LogP contribution in [0.2, 0.25) is 5.15 Å². The lowest BCUT2D eigenvalue weighted by Gasteiger charge is -2.18. The second-order valence-electron chi connectivity index (χ2n) is 7.45. The van der Waals surface area contributed by atoms with Crippen LogP contribution < -0.4 is 5.32 Å². The zero-order chi connectivity index (χ0) is 22.3. The lowest BCUT2D eigenvalue weighted by molar-refractivity contribution is -0.132. The fraction of sp³-hybridized carbons (Fsp3) is 0.409. The number of rotatable bonds is 9. The molecule has 2 rings (SSSR count). The SMILES string of the molecule is CCN(CC(=O)NCc1ccc(F)cc1)C(=O)/C=C/c1c(C)nn(CC(C)C)c1Cl. The van der Waals surface area contributed by atoms with Crippen molar-refractivity contribution in [3.05, 3.63) is 58.1 Å². The van der Waals surface area contributed by atoms with Crippen molar-refractivity contribution >= 4 is 29.5 Å². The Morgan fingerprint density at radius 3 is 2.57 bits per heavy atom.